The molecule has 0 atom stereocenters. The van der Waals surface area contributed by atoms with Crippen molar-refractivity contribution in [1.82, 2.24) is 9.55 Å². The summed E-state index contributed by atoms with van der Waals surface area (Å²) in [6.45, 7) is 0.0918. The number of benzene rings is 2. The number of hydrogen-bond donors (Lipinski definition) is 2. The van der Waals surface area contributed by atoms with Gasteiger partial charge in [0.2, 0.25) is 0 Å². The Morgan fingerprint density at radius 2 is 1.56 bits per heavy atom. The molecule has 0 unspecified atom stereocenters. The average Bonchev–Trinajstić information content (AvgIpc) is 2.66. The first-order valence-corrected chi connectivity index (χ1v) is 9.47. The maximum Gasteiger partial charge on any atom is 0.330 e. The second kappa shape index (κ2) is 7.12. The van der Waals surface area contributed by atoms with E-state index in [1.165, 1.54) is 19.2 Å². The van der Waals surface area contributed by atoms with Gasteiger partial charge in [0.15, 0.2) is 5.69 Å². The van der Waals surface area contributed by atoms with E-state index in [0.29, 0.717) is 0 Å². The van der Waals surface area contributed by atoms with Crippen molar-refractivity contribution in [3.05, 3.63) is 87.1 Å². The van der Waals surface area contributed by atoms with Crippen LogP contribution in [0.2, 0.25) is 0 Å². The van der Waals surface area contributed by atoms with E-state index in [2.05, 4.69) is 4.98 Å². The van der Waals surface area contributed by atoms with E-state index < -0.39 is 21.3 Å². The van der Waals surface area contributed by atoms with Crippen LogP contribution >= 0.6 is 0 Å². The zero-order valence-electron chi connectivity index (χ0n) is 14.5. The highest BCUT2D eigenvalue weighted by atomic mass is 32.2. The van der Waals surface area contributed by atoms with E-state index >= 15 is 0 Å². The minimum atomic E-state index is -4.02. The van der Waals surface area contributed by atoms with Gasteiger partial charge in [0.25, 0.3) is 15.6 Å². The smallest absolute Gasteiger partial charge is 0.330 e. The van der Waals surface area contributed by atoms with Crippen molar-refractivity contribution < 1.29 is 8.42 Å². The Kier molecular flexibility index (Phi) is 4.87. The number of nitrogens with one attached hydrogen (secondary N) is 1. The first-order chi connectivity index (χ1) is 12.8. The Balaban J connectivity index is 2.12. The molecule has 0 radical (unpaired) electrons. The SMILES string of the molecule is CN(c1c(N)n(Cc2ccccc2)c(=O)[nH]c1=O)S(=O)(=O)c1ccccc1. The lowest BCUT2D eigenvalue weighted by Gasteiger charge is -2.21. The summed E-state index contributed by atoms with van der Waals surface area (Å²) in [5.74, 6) is -0.227. The Bertz CT molecular complexity index is 1170. The summed E-state index contributed by atoms with van der Waals surface area (Å²) in [4.78, 5) is 26.7. The topological polar surface area (TPSA) is 118 Å². The second-order valence-electron chi connectivity index (χ2n) is 5.85. The van der Waals surface area contributed by atoms with Gasteiger partial charge in [-0.05, 0) is 17.7 Å². The van der Waals surface area contributed by atoms with E-state index in [4.69, 9.17) is 5.73 Å². The molecule has 2 aromatic carbocycles. The van der Waals surface area contributed by atoms with E-state index in [1.54, 1.807) is 42.5 Å². The van der Waals surface area contributed by atoms with Crippen LogP contribution in [0.15, 0.2) is 75.1 Å². The minimum Gasteiger partial charge on any atom is -0.383 e. The van der Waals surface area contributed by atoms with Gasteiger partial charge < -0.3 is 5.73 Å². The van der Waals surface area contributed by atoms with Crippen LogP contribution in [0.1, 0.15) is 5.56 Å². The summed E-state index contributed by atoms with van der Waals surface area (Å²) in [5, 5.41) is 0. The maximum atomic E-state index is 12.8. The summed E-state index contributed by atoms with van der Waals surface area (Å²) in [6.07, 6.45) is 0. The van der Waals surface area contributed by atoms with Gasteiger partial charge >= 0.3 is 5.69 Å². The molecule has 3 rings (SSSR count). The van der Waals surface area contributed by atoms with Crippen molar-refractivity contribution in [1.29, 1.82) is 0 Å². The third-order valence-corrected chi connectivity index (χ3v) is 5.89. The number of nitrogens with zero attached hydrogens (tertiary/aromatic N) is 2. The highest BCUT2D eigenvalue weighted by Gasteiger charge is 2.27. The number of anilines is 2. The van der Waals surface area contributed by atoms with Crippen LogP contribution in [-0.2, 0) is 16.6 Å². The standard InChI is InChI=1S/C18H18N4O4S/c1-21(27(25,26)14-10-6-3-7-11-14)15-16(19)22(18(24)20-17(15)23)12-13-8-4-2-5-9-13/h2-11H,12,19H2,1H3,(H,20,23,24). The maximum absolute atomic E-state index is 12.8. The normalized spacial score (nSPS) is 11.3. The average molecular weight is 386 g/mol. The predicted octanol–water partition coefficient (Wildman–Crippen LogP) is 0.992. The van der Waals surface area contributed by atoms with Gasteiger partial charge in [-0.25, -0.2) is 13.2 Å². The molecule has 0 saturated heterocycles. The molecule has 0 aliphatic carbocycles. The molecule has 1 heterocycles. The monoisotopic (exact) mass is 386 g/mol. The number of rotatable bonds is 5. The minimum absolute atomic E-state index is 0.00658. The summed E-state index contributed by atoms with van der Waals surface area (Å²) >= 11 is 0. The first-order valence-electron chi connectivity index (χ1n) is 8.03. The van der Waals surface area contributed by atoms with Crippen LogP contribution < -0.4 is 21.3 Å². The lowest BCUT2D eigenvalue weighted by Crippen LogP contribution is -2.39. The number of H-pyrrole nitrogens is 1. The van der Waals surface area contributed by atoms with Crippen LogP contribution in [0, 0.1) is 0 Å². The van der Waals surface area contributed by atoms with Crippen LogP contribution in [0.4, 0.5) is 11.5 Å². The highest BCUT2D eigenvalue weighted by molar-refractivity contribution is 7.92. The number of hydrogen-bond acceptors (Lipinski definition) is 5. The van der Waals surface area contributed by atoms with Gasteiger partial charge in [0.1, 0.15) is 5.82 Å². The van der Waals surface area contributed by atoms with Gasteiger partial charge in [0.05, 0.1) is 11.4 Å². The van der Waals surface area contributed by atoms with Crippen molar-refractivity contribution in [2.24, 2.45) is 0 Å². The fourth-order valence-electron chi connectivity index (χ4n) is 2.68. The third-order valence-electron chi connectivity index (χ3n) is 4.11. The molecular formula is C18H18N4O4S. The fourth-order valence-corrected chi connectivity index (χ4v) is 3.91. The van der Waals surface area contributed by atoms with Crippen molar-refractivity contribution >= 4 is 21.5 Å². The van der Waals surface area contributed by atoms with E-state index in [-0.39, 0.29) is 22.9 Å². The summed E-state index contributed by atoms with van der Waals surface area (Å²) in [7, 11) is -2.80. The third kappa shape index (κ3) is 3.49. The first kappa shape index (κ1) is 18.5. The quantitative estimate of drug-likeness (QED) is 0.678. The number of aromatic nitrogens is 2. The number of aromatic amines is 1. The molecule has 0 aliphatic heterocycles. The molecule has 0 spiro atoms. The second-order valence-corrected chi connectivity index (χ2v) is 7.82. The number of nitrogen functional groups attached to an aromatic ring is 1. The summed E-state index contributed by atoms with van der Waals surface area (Å²) in [5.41, 5.74) is 4.93. The zero-order valence-corrected chi connectivity index (χ0v) is 15.3. The van der Waals surface area contributed by atoms with Crippen LogP contribution in [-0.4, -0.2) is 25.0 Å². The Hall–Kier alpha value is -3.33. The van der Waals surface area contributed by atoms with E-state index in [0.717, 1.165) is 14.4 Å². The lowest BCUT2D eigenvalue weighted by molar-refractivity contribution is 0.593. The molecular weight excluding hydrogens is 368 g/mol. The zero-order chi connectivity index (χ0) is 19.6. The highest BCUT2D eigenvalue weighted by Crippen LogP contribution is 2.23. The van der Waals surface area contributed by atoms with Gasteiger partial charge in [-0.15, -0.1) is 0 Å². The van der Waals surface area contributed by atoms with E-state index in [9.17, 15) is 18.0 Å². The Morgan fingerprint density at radius 1 is 1.00 bits per heavy atom. The van der Waals surface area contributed by atoms with Crippen molar-refractivity contribution in [3.63, 3.8) is 0 Å². The summed E-state index contributed by atoms with van der Waals surface area (Å²) in [6, 6.07) is 16.7. The lowest BCUT2D eigenvalue weighted by atomic mass is 10.2. The molecule has 1 aromatic heterocycles. The van der Waals surface area contributed by atoms with Crippen molar-refractivity contribution in [3.8, 4) is 0 Å². The largest absolute Gasteiger partial charge is 0.383 e. The van der Waals surface area contributed by atoms with Crippen molar-refractivity contribution in [2.45, 2.75) is 11.4 Å². The van der Waals surface area contributed by atoms with Crippen LogP contribution in [0.3, 0.4) is 0 Å². The predicted molar refractivity (Wildman–Crippen MR) is 103 cm³/mol. The molecule has 0 amide bonds. The molecule has 0 saturated carbocycles. The van der Waals surface area contributed by atoms with Gasteiger partial charge in [-0.2, -0.15) is 0 Å². The number of nitrogens with two attached hydrogens (primary N) is 1. The Labute approximate surface area is 155 Å². The molecule has 9 heteroatoms. The van der Waals surface area contributed by atoms with Crippen molar-refractivity contribution in [2.75, 3.05) is 17.1 Å². The van der Waals surface area contributed by atoms with Gasteiger partial charge in [0, 0.05) is 7.05 Å². The number of sulfonamides is 1. The molecule has 3 N–H and O–H groups in total. The molecule has 3 aromatic rings. The van der Waals surface area contributed by atoms with Gasteiger partial charge in [-0.1, -0.05) is 48.5 Å². The van der Waals surface area contributed by atoms with Crippen LogP contribution in [0.25, 0.3) is 0 Å². The Morgan fingerprint density at radius 3 is 2.15 bits per heavy atom. The molecule has 140 valence electrons. The van der Waals surface area contributed by atoms with E-state index in [1.807, 2.05) is 6.07 Å². The van der Waals surface area contributed by atoms with Gasteiger partial charge in [-0.3, -0.25) is 18.7 Å². The summed E-state index contributed by atoms with van der Waals surface area (Å²) < 4.78 is 27.6. The molecule has 0 fully saturated rings. The molecule has 0 bridgehead atoms. The molecule has 27 heavy (non-hydrogen) atoms. The molecule has 0 aliphatic rings. The molecule has 8 nitrogen and oxygen atoms in total. The van der Waals surface area contributed by atoms with Crippen LogP contribution in [0.5, 0.6) is 0 Å². The fraction of sp³-hybridized carbons (Fsp3) is 0.111.